The van der Waals surface area contributed by atoms with E-state index in [-0.39, 0.29) is 11.6 Å². The van der Waals surface area contributed by atoms with Crippen molar-refractivity contribution in [3.05, 3.63) is 47.5 Å². The lowest BCUT2D eigenvalue weighted by Crippen LogP contribution is -2.15. The quantitative estimate of drug-likeness (QED) is 0.704. The van der Waals surface area contributed by atoms with Gasteiger partial charge in [0, 0.05) is 6.92 Å². The second-order valence-electron chi connectivity index (χ2n) is 5.52. The van der Waals surface area contributed by atoms with Gasteiger partial charge in [-0.25, -0.2) is 22.2 Å². The number of amides is 1. The maximum Gasteiger partial charge on any atom is 0.264 e. The third kappa shape index (κ3) is 3.65. The van der Waals surface area contributed by atoms with Crippen molar-refractivity contribution in [3.63, 3.8) is 0 Å². The Hall–Kier alpha value is -2.59. The van der Waals surface area contributed by atoms with Crippen LogP contribution in [0.1, 0.15) is 12.5 Å². The van der Waals surface area contributed by atoms with E-state index in [9.17, 15) is 22.0 Å². The Morgan fingerprint density at radius 2 is 1.92 bits per heavy atom. The molecule has 136 valence electrons. The van der Waals surface area contributed by atoms with E-state index < -0.39 is 26.6 Å². The third-order valence-corrected chi connectivity index (χ3v) is 5.72. The zero-order chi connectivity index (χ0) is 19.1. The highest BCUT2D eigenvalue weighted by atomic mass is 32.2. The van der Waals surface area contributed by atoms with E-state index in [0.29, 0.717) is 27.0 Å². The average molecular weight is 397 g/mol. The molecule has 3 rings (SSSR count). The molecule has 1 aromatic heterocycles. The van der Waals surface area contributed by atoms with Crippen LogP contribution in [0.5, 0.6) is 0 Å². The molecule has 26 heavy (non-hydrogen) atoms. The summed E-state index contributed by atoms with van der Waals surface area (Å²) in [6, 6.07) is 5.24. The number of benzene rings is 2. The van der Waals surface area contributed by atoms with Gasteiger partial charge in [-0.3, -0.25) is 9.52 Å². The number of rotatable bonds is 4. The summed E-state index contributed by atoms with van der Waals surface area (Å²) in [7, 11) is -4.31. The topological polar surface area (TPSA) is 88.2 Å². The summed E-state index contributed by atoms with van der Waals surface area (Å²) in [5.41, 5.74) is 1.45. The summed E-state index contributed by atoms with van der Waals surface area (Å²) in [6.45, 7) is 3.08. The van der Waals surface area contributed by atoms with Crippen LogP contribution in [0.2, 0.25) is 0 Å². The van der Waals surface area contributed by atoms with E-state index in [4.69, 9.17) is 0 Å². The number of thiazole rings is 1. The van der Waals surface area contributed by atoms with Gasteiger partial charge in [0.15, 0.2) is 5.13 Å². The van der Waals surface area contributed by atoms with Crippen LogP contribution in [-0.4, -0.2) is 19.3 Å². The molecule has 0 aliphatic rings. The van der Waals surface area contributed by atoms with Gasteiger partial charge in [0.25, 0.3) is 10.0 Å². The van der Waals surface area contributed by atoms with Gasteiger partial charge in [0.1, 0.15) is 16.5 Å². The lowest BCUT2D eigenvalue weighted by Gasteiger charge is -2.10. The van der Waals surface area contributed by atoms with Crippen molar-refractivity contribution in [2.24, 2.45) is 0 Å². The van der Waals surface area contributed by atoms with E-state index in [1.807, 2.05) is 0 Å². The molecule has 0 radical (unpaired) electrons. The third-order valence-electron chi connectivity index (χ3n) is 3.40. The van der Waals surface area contributed by atoms with Crippen molar-refractivity contribution in [1.82, 2.24) is 4.98 Å². The second-order valence-corrected chi connectivity index (χ2v) is 8.20. The van der Waals surface area contributed by atoms with E-state index in [1.165, 1.54) is 30.4 Å². The zero-order valence-electron chi connectivity index (χ0n) is 13.6. The van der Waals surface area contributed by atoms with Crippen molar-refractivity contribution in [2.45, 2.75) is 18.7 Å². The standard InChI is InChI=1S/C16H13F2N3O3S2/c1-8-5-11(7-13-15(8)20-16(25-13)19-9(2)22)21-26(23,24)14-6-10(17)3-4-12(14)18/h3-7,21H,1-2H3,(H,19,20,22). The molecular formula is C16H13F2N3O3S2. The first kappa shape index (κ1) is 18.2. The Bertz CT molecular complexity index is 1130. The maximum absolute atomic E-state index is 13.8. The number of nitrogens with zero attached hydrogens (tertiary/aromatic N) is 1. The van der Waals surface area contributed by atoms with Crippen LogP contribution in [-0.2, 0) is 14.8 Å². The minimum Gasteiger partial charge on any atom is -0.302 e. The van der Waals surface area contributed by atoms with Crippen LogP contribution >= 0.6 is 11.3 Å². The van der Waals surface area contributed by atoms with Crippen LogP contribution in [0.4, 0.5) is 19.6 Å². The molecule has 0 unspecified atom stereocenters. The van der Waals surface area contributed by atoms with E-state index >= 15 is 0 Å². The first-order valence-electron chi connectivity index (χ1n) is 7.32. The minimum absolute atomic E-state index is 0.177. The Morgan fingerprint density at radius 3 is 2.62 bits per heavy atom. The van der Waals surface area contributed by atoms with Crippen molar-refractivity contribution in [1.29, 1.82) is 0 Å². The minimum atomic E-state index is -4.31. The van der Waals surface area contributed by atoms with Crippen molar-refractivity contribution in [2.75, 3.05) is 10.0 Å². The SMILES string of the molecule is CC(=O)Nc1nc2c(C)cc(NS(=O)(=O)c3cc(F)ccc3F)cc2s1. The number of nitrogens with one attached hydrogen (secondary N) is 2. The fourth-order valence-electron chi connectivity index (χ4n) is 2.35. The molecule has 6 nitrogen and oxygen atoms in total. The number of aryl methyl sites for hydroxylation is 1. The summed E-state index contributed by atoms with van der Waals surface area (Å²) in [5.74, 6) is -2.19. The van der Waals surface area contributed by atoms with Crippen LogP contribution < -0.4 is 10.0 Å². The molecule has 0 fully saturated rings. The van der Waals surface area contributed by atoms with Gasteiger partial charge in [0.05, 0.1) is 15.9 Å². The fourth-order valence-corrected chi connectivity index (χ4v) is 4.51. The van der Waals surface area contributed by atoms with Gasteiger partial charge in [-0.2, -0.15) is 0 Å². The summed E-state index contributed by atoms with van der Waals surface area (Å²) >= 11 is 1.17. The Balaban J connectivity index is 2.00. The second kappa shape index (κ2) is 6.61. The maximum atomic E-state index is 13.8. The molecule has 0 aliphatic heterocycles. The molecule has 1 heterocycles. The summed E-state index contributed by atoms with van der Waals surface area (Å²) in [4.78, 5) is 14.6. The number of hydrogen-bond acceptors (Lipinski definition) is 5. The number of fused-ring (bicyclic) bond motifs is 1. The number of carbonyl (C=O) groups is 1. The van der Waals surface area contributed by atoms with Crippen molar-refractivity contribution in [3.8, 4) is 0 Å². The molecule has 10 heteroatoms. The number of sulfonamides is 1. The molecule has 0 spiro atoms. The monoisotopic (exact) mass is 397 g/mol. The highest BCUT2D eigenvalue weighted by molar-refractivity contribution is 7.92. The number of hydrogen-bond donors (Lipinski definition) is 2. The molecule has 0 bridgehead atoms. The van der Waals surface area contributed by atoms with Gasteiger partial charge >= 0.3 is 0 Å². The molecule has 2 N–H and O–H groups in total. The largest absolute Gasteiger partial charge is 0.302 e. The lowest BCUT2D eigenvalue weighted by molar-refractivity contribution is -0.114. The molecule has 2 aromatic carbocycles. The summed E-state index contributed by atoms with van der Waals surface area (Å²) < 4.78 is 54.7. The fraction of sp³-hybridized carbons (Fsp3) is 0.125. The van der Waals surface area contributed by atoms with Gasteiger partial charge in [-0.05, 0) is 42.8 Å². The van der Waals surface area contributed by atoms with E-state index in [2.05, 4.69) is 15.0 Å². The molecular weight excluding hydrogens is 384 g/mol. The first-order valence-corrected chi connectivity index (χ1v) is 9.62. The first-order chi connectivity index (χ1) is 12.2. The van der Waals surface area contributed by atoms with Gasteiger partial charge < -0.3 is 5.32 Å². The van der Waals surface area contributed by atoms with Gasteiger partial charge in [-0.1, -0.05) is 11.3 Å². The average Bonchev–Trinajstić information content (AvgIpc) is 2.91. The van der Waals surface area contributed by atoms with Crippen molar-refractivity contribution >= 4 is 48.3 Å². The molecule has 1 amide bonds. The molecule has 0 atom stereocenters. The predicted octanol–water partition coefficient (Wildman–Crippen LogP) is 3.64. The van der Waals surface area contributed by atoms with E-state index in [0.717, 1.165) is 12.1 Å². The summed E-state index contributed by atoms with van der Waals surface area (Å²) in [6.07, 6.45) is 0. The molecule has 0 saturated carbocycles. The van der Waals surface area contributed by atoms with Crippen molar-refractivity contribution < 1.29 is 22.0 Å². The Labute approximate surface area is 151 Å². The Kier molecular flexibility index (Phi) is 4.63. The number of anilines is 2. The number of aromatic nitrogens is 1. The molecule has 3 aromatic rings. The predicted molar refractivity (Wildman–Crippen MR) is 95.8 cm³/mol. The molecule has 0 aliphatic carbocycles. The number of halogens is 2. The zero-order valence-corrected chi connectivity index (χ0v) is 15.3. The van der Waals surface area contributed by atoms with Crippen LogP contribution in [0.15, 0.2) is 35.2 Å². The smallest absolute Gasteiger partial charge is 0.264 e. The normalized spacial score (nSPS) is 11.5. The highest BCUT2D eigenvalue weighted by Gasteiger charge is 2.21. The summed E-state index contributed by atoms with van der Waals surface area (Å²) in [5, 5.41) is 2.95. The number of carbonyl (C=O) groups excluding carboxylic acids is 1. The van der Waals surface area contributed by atoms with E-state index in [1.54, 1.807) is 6.92 Å². The van der Waals surface area contributed by atoms with Gasteiger partial charge in [0.2, 0.25) is 5.91 Å². The highest BCUT2D eigenvalue weighted by Crippen LogP contribution is 2.32. The Morgan fingerprint density at radius 1 is 1.19 bits per heavy atom. The van der Waals surface area contributed by atoms with Crippen LogP contribution in [0.3, 0.4) is 0 Å². The van der Waals surface area contributed by atoms with Crippen LogP contribution in [0, 0.1) is 18.6 Å². The molecule has 0 saturated heterocycles. The van der Waals surface area contributed by atoms with Gasteiger partial charge in [-0.15, -0.1) is 0 Å². The van der Waals surface area contributed by atoms with Crippen LogP contribution in [0.25, 0.3) is 10.2 Å². The lowest BCUT2D eigenvalue weighted by atomic mass is 10.2.